The van der Waals surface area contributed by atoms with Crippen molar-refractivity contribution in [2.24, 2.45) is 4.99 Å². The predicted octanol–water partition coefficient (Wildman–Crippen LogP) is -0.534. The molecule has 4 atom stereocenters. The highest BCUT2D eigenvalue weighted by molar-refractivity contribution is 5.95. The van der Waals surface area contributed by atoms with E-state index in [9.17, 15) is 20.1 Å². The summed E-state index contributed by atoms with van der Waals surface area (Å²) in [6, 6.07) is 3.18. The molecule has 1 saturated heterocycles. The molecule has 4 rings (SSSR count). The molecular weight excluding hydrogens is 328 g/mol. The van der Waals surface area contributed by atoms with Crippen molar-refractivity contribution in [3.05, 3.63) is 33.7 Å². The van der Waals surface area contributed by atoms with E-state index in [4.69, 9.17) is 4.74 Å². The zero-order valence-corrected chi connectivity index (χ0v) is 13.7. The molecule has 0 spiro atoms. The Balaban J connectivity index is 1.98. The molecule has 132 valence electrons. The first-order valence-electron chi connectivity index (χ1n) is 7.87. The van der Waals surface area contributed by atoms with Crippen LogP contribution in [0.15, 0.2) is 21.9 Å². The monoisotopic (exact) mass is 346 g/mol. The van der Waals surface area contributed by atoms with Crippen molar-refractivity contribution in [3.63, 3.8) is 0 Å². The van der Waals surface area contributed by atoms with E-state index >= 15 is 0 Å². The summed E-state index contributed by atoms with van der Waals surface area (Å²) in [5, 5.41) is 31.1. The van der Waals surface area contributed by atoms with Gasteiger partial charge >= 0.3 is 0 Å². The fourth-order valence-electron chi connectivity index (χ4n) is 3.50. The van der Waals surface area contributed by atoms with Gasteiger partial charge in [0, 0.05) is 11.5 Å². The van der Waals surface area contributed by atoms with E-state index in [2.05, 4.69) is 15.4 Å². The maximum atomic E-state index is 11.8. The number of aliphatic hydroxyl groups is 3. The van der Waals surface area contributed by atoms with Crippen molar-refractivity contribution in [1.29, 1.82) is 0 Å². The van der Waals surface area contributed by atoms with Gasteiger partial charge in [0.1, 0.15) is 35.8 Å². The molecule has 4 heterocycles. The number of aryl methyl sites for hydroxylation is 1. The smallest absolute Gasteiger partial charge is 0.272 e. The summed E-state index contributed by atoms with van der Waals surface area (Å²) in [5.41, 5.74) is 2.77. The number of aliphatic imine (C=N–C) groups is 1. The van der Waals surface area contributed by atoms with Crippen LogP contribution < -0.4 is 11.0 Å². The van der Waals surface area contributed by atoms with Crippen molar-refractivity contribution < 1.29 is 20.1 Å². The van der Waals surface area contributed by atoms with Gasteiger partial charge in [0.15, 0.2) is 5.82 Å². The van der Waals surface area contributed by atoms with Gasteiger partial charge in [-0.3, -0.25) is 14.9 Å². The number of ether oxygens (including phenoxy) is 1. The second-order valence-corrected chi connectivity index (χ2v) is 6.56. The van der Waals surface area contributed by atoms with Crippen LogP contribution in [-0.2, 0) is 4.74 Å². The molecule has 0 radical (unpaired) electrons. The zero-order chi connectivity index (χ0) is 17.9. The third-order valence-corrected chi connectivity index (χ3v) is 4.84. The van der Waals surface area contributed by atoms with E-state index in [-0.39, 0.29) is 5.82 Å². The standard InChI is InChI=1S/C16H18N4O5/c1-7-3-11(22)19-15-12-8(7)4-9(20(12)18-6-17-15)14-16(2,24)13(23)10(5-21)25-14/h3-4,6,10,13-14,21,23-24H,5H2,1-2H3,(H,17,18,19,22)/t10-,13-,14?,16-/m1/s1. The van der Waals surface area contributed by atoms with Gasteiger partial charge in [-0.2, -0.15) is 4.98 Å². The Kier molecular flexibility index (Phi) is 3.45. The van der Waals surface area contributed by atoms with Crippen molar-refractivity contribution in [3.8, 4) is 0 Å². The summed E-state index contributed by atoms with van der Waals surface area (Å²) >= 11 is 0. The molecule has 9 nitrogen and oxygen atoms in total. The molecule has 9 heteroatoms. The van der Waals surface area contributed by atoms with Gasteiger partial charge in [-0.1, -0.05) is 0 Å². The largest absolute Gasteiger partial charge is 0.394 e. The maximum Gasteiger partial charge on any atom is 0.272 e. The summed E-state index contributed by atoms with van der Waals surface area (Å²) in [6.07, 6.45) is -1.65. The van der Waals surface area contributed by atoms with Gasteiger partial charge in [-0.25, -0.2) is 4.99 Å². The van der Waals surface area contributed by atoms with E-state index < -0.39 is 36.1 Å². The summed E-state index contributed by atoms with van der Waals surface area (Å²) in [4.78, 5) is 19.9. The lowest BCUT2D eigenvalue weighted by Gasteiger charge is -2.27. The van der Waals surface area contributed by atoms with E-state index in [1.165, 1.54) is 19.3 Å². The van der Waals surface area contributed by atoms with Gasteiger partial charge in [0.25, 0.3) is 5.56 Å². The van der Waals surface area contributed by atoms with Crippen molar-refractivity contribution in [2.75, 3.05) is 12.0 Å². The van der Waals surface area contributed by atoms with Crippen LogP contribution in [0, 0.1) is 6.92 Å². The molecule has 2 aromatic heterocycles. The van der Waals surface area contributed by atoms with Gasteiger partial charge in [-0.15, -0.1) is 0 Å². The number of hydrogen-bond acceptors (Lipinski definition) is 8. The maximum absolute atomic E-state index is 11.8. The quantitative estimate of drug-likeness (QED) is 0.575. The Hall–Kier alpha value is -2.33. The molecule has 25 heavy (non-hydrogen) atoms. The molecule has 1 fully saturated rings. The highest BCUT2D eigenvalue weighted by atomic mass is 16.6. The molecule has 2 aromatic rings. The number of aromatic nitrogens is 2. The molecule has 4 N–H and O–H groups in total. The van der Waals surface area contributed by atoms with Gasteiger partial charge in [0.05, 0.1) is 12.3 Å². The minimum atomic E-state index is -1.61. The molecule has 0 aliphatic carbocycles. The van der Waals surface area contributed by atoms with Crippen LogP contribution in [0.2, 0.25) is 0 Å². The first-order valence-corrected chi connectivity index (χ1v) is 7.87. The SMILES string of the molecule is Cc1cc(=O)nc2c3c1cc(C1O[C@H](CO)[C@@H](O)[C@@]1(C)O)n3NC=N2. The average molecular weight is 346 g/mol. The summed E-state index contributed by atoms with van der Waals surface area (Å²) in [6.45, 7) is 2.83. The summed E-state index contributed by atoms with van der Waals surface area (Å²) in [7, 11) is 0. The van der Waals surface area contributed by atoms with Gasteiger partial charge < -0.3 is 20.1 Å². The highest BCUT2D eigenvalue weighted by Crippen LogP contribution is 2.43. The predicted molar refractivity (Wildman–Crippen MR) is 89.6 cm³/mol. The minimum Gasteiger partial charge on any atom is -0.394 e. The van der Waals surface area contributed by atoms with Crippen LogP contribution in [0.5, 0.6) is 0 Å². The normalized spacial score (nSPS) is 30.7. The molecule has 2 aliphatic rings. The van der Waals surface area contributed by atoms with Crippen molar-refractivity contribution in [2.45, 2.75) is 37.8 Å². The molecule has 1 unspecified atom stereocenters. The van der Waals surface area contributed by atoms with Crippen LogP contribution in [0.3, 0.4) is 0 Å². The number of nitrogens with zero attached hydrogens (tertiary/aromatic N) is 3. The Morgan fingerprint density at radius 2 is 2.20 bits per heavy atom. The van der Waals surface area contributed by atoms with E-state index in [0.717, 1.165) is 5.39 Å². The molecule has 0 bridgehead atoms. The van der Waals surface area contributed by atoms with E-state index in [1.807, 2.05) is 0 Å². The van der Waals surface area contributed by atoms with Crippen LogP contribution in [0.1, 0.15) is 24.3 Å². The third-order valence-electron chi connectivity index (χ3n) is 4.84. The minimum absolute atomic E-state index is 0.259. The lowest BCUT2D eigenvalue weighted by molar-refractivity contribution is -0.0665. The summed E-state index contributed by atoms with van der Waals surface area (Å²) in [5.74, 6) is 0.259. The van der Waals surface area contributed by atoms with E-state index in [1.54, 1.807) is 17.7 Å². The Morgan fingerprint density at radius 3 is 2.88 bits per heavy atom. The van der Waals surface area contributed by atoms with Crippen LogP contribution >= 0.6 is 0 Å². The first kappa shape index (κ1) is 16.2. The molecular formula is C16H18N4O5. The Morgan fingerprint density at radius 1 is 1.44 bits per heavy atom. The topological polar surface area (TPSA) is 129 Å². The fourth-order valence-corrected chi connectivity index (χ4v) is 3.50. The van der Waals surface area contributed by atoms with Crippen LogP contribution in [0.4, 0.5) is 5.82 Å². The number of aliphatic hydroxyl groups excluding tert-OH is 2. The molecule has 0 aromatic carbocycles. The highest BCUT2D eigenvalue weighted by Gasteiger charge is 2.53. The first-order chi connectivity index (χ1) is 11.8. The van der Waals surface area contributed by atoms with Gasteiger partial charge in [-0.05, 0) is 25.5 Å². The lowest BCUT2D eigenvalue weighted by atomic mass is 9.91. The Labute approximate surface area is 142 Å². The van der Waals surface area contributed by atoms with Crippen molar-refractivity contribution >= 4 is 23.1 Å². The molecule has 0 saturated carbocycles. The Bertz CT molecular complexity index is 952. The van der Waals surface area contributed by atoms with E-state index in [0.29, 0.717) is 16.8 Å². The van der Waals surface area contributed by atoms with Gasteiger partial charge in [0.2, 0.25) is 0 Å². The number of nitrogens with one attached hydrogen (secondary N) is 1. The van der Waals surface area contributed by atoms with Crippen molar-refractivity contribution in [1.82, 2.24) is 9.66 Å². The number of rotatable bonds is 2. The second-order valence-electron chi connectivity index (χ2n) is 6.56. The lowest BCUT2D eigenvalue weighted by Crippen LogP contribution is -2.43. The zero-order valence-electron chi connectivity index (χ0n) is 13.7. The third kappa shape index (κ3) is 2.20. The van der Waals surface area contributed by atoms with Crippen LogP contribution in [0.25, 0.3) is 10.9 Å². The average Bonchev–Trinajstić information content (AvgIpc) is 3.00. The molecule has 2 aliphatic heterocycles. The van der Waals surface area contributed by atoms with Crippen LogP contribution in [-0.4, -0.2) is 55.7 Å². The second kappa shape index (κ2) is 5.33. The molecule has 0 amide bonds. The summed E-state index contributed by atoms with van der Waals surface area (Å²) < 4.78 is 7.34. The fraction of sp³-hybridized carbons (Fsp3) is 0.438. The number of hydrogen-bond donors (Lipinski definition) is 4.